The number of aromatic nitrogens is 2. The van der Waals surface area contributed by atoms with Crippen LogP contribution in [0.25, 0.3) is 11.1 Å². The summed E-state index contributed by atoms with van der Waals surface area (Å²) in [6, 6.07) is 9.99. The highest BCUT2D eigenvalue weighted by atomic mass is 35.5. The van der Waals surface area contributed by atoms with E-state index < -0.39 is 17.6 Å². The molecule has 4 rings (SSSR count). The lowest BCUT2D eigenvalue weighted by atomic mass is 10.0. The Hall–Kier alpha value is -2.67. The first-order valence-corrected chi connectivity index (χ1v) is 9.30. The lowest BCUT2D eigenvalue weighted by Gasteiger charge is -2.16. The second-order valence-electron chi connectivity index (χ2n) is 6.92. The van der Waals surface area contributed by atoms with Crippen LogP contribution in [0.3, 0.4) is 0 Å². The lowest BCUT2D eigenvalue weighted by Crippen LogP contribution is -2.09. The number of ether oxygens (including phenoxy) is 1. The summed E-state index contributed by atoms with van der Waals surface area (Å²) in [4.78, 5) is 0. The van der Waals surface area contributed by atoms with Crippen LogP contribution >= 0.6 is 11.6 Å². The van der Waals surface area contributed by atoms with Gasteiger partial charge in [0.05, 0.1) is 11.1 Å². The molecule has 0 atom stereocenters. The zero-order valence-electron chi connectivity index (χ0n) is 15.2. The van der Waals surface area contributed by atoms with Crippen molar-refractivity contribution >= 4 is 11.6 Å². The Morgan fingerprint density at radius 1 is 1.03 bits per heavy atom. The van der Waals surface area contributed by atoms with E-state index in [4.69, 9.17) is 16.3 Å². The third-order valence-electron chi connectivity index (χ3n) is 4.78. The predicted octanol–water partition coefficient (Wildman–Crippen LogP) is 6.93. The molecule has 1 heterocycles. The molecule has 1 aliphatic rings. The molecule has 0 radical (unpaired) electrons. The van der Waals surface area contributed by atoms with Crippen LogP contribution in [0.1, 0.15) is 35.4 Å². The Kier molecular flexibility index (Phi) is 4.94. The van der Waals surface area contributed by atoms with Gasteiger partial charge in [0, 0.05) is 5.56 Å². The number of rotatable bonds is 4. The van der Waals surface area contributed by atoms with E-state index in [1.807, 2.05) is 25.1 Å². The van der Waals surface area contributed by atoms with Crippen LogP contribution in [0.5, 0.6) is 11.6 Å². The van der Waals surface area contributed by atoms with Gasteiger partial charge < -0.3 is 4.74 Å². The number of nitrogens with zero attached hydrogens (tertiary/aromatic N) is 2. The molecular formula is C21H15ClF4N2O. The minimum Gasteiger partial charge on any atom is -0.436 e. The maximum atomic E-state index is 14.7. The van der Waals surface area contributed by atoms with Gasteiger partial charge in [-0.15, -0.1) is 10.2 Å². The average Bonchev–Trinajstić information content (AvgIpc) is 3.49. The Bertz CT molecular complexity index is 1080. The third-order valence-corrected chi connectivity index (χ3v) is 4.97. The van der Waals surface area contributed by atoms with Gasteiger partial charge in [-0.2, -0.15) is 13.2 Å². The normalized spacial score (nSPS) is 14.1. The average molecular weight is 423 g/mol. The molecule has 0 unspecified atom stereocenters. The molecule has 0 bridgehead atoms. The minimum atomic E-state index is -4.83. The number of hydrogen-bond acceptors (Lipinski definition) is 3. The summed E-state index contributed by atoms with van der Waals surface area (Å²) in [6.45, 7) is 1.86. The van der Waals surface area contributed by atoms with E-state index >= 15 is 0 Å². The maximum Gasteiger partial charge on any atom is 0.419 e. The molecule has 1 aliphatic carbocycles. The molecule has 3 nitrogen and oxygen atoms in total. The Morgan fingerprint density at radius 2 is 1.76 bits per heavy atom. The van der Waals surface area contributed by atoms with Crippen LogP contribution in [-0.2, 0) is 6.18 Å². The van der Waals surface area contributed by atoms with Gasteiger partial charge in [0.1, 0.15) is 11.6 Å². The molecular weight excluding hydrogens is 408 g/mol. The molecule has 0 amide bonds. The molecule has 29 heavy (non-hydrogen) atoms. The van der Waals surface area contributed by atoms with Gasteiger partial charge >= 0.3 is 6.18 Å². The molecule has 1 fully saturated rings. The molecule has 8 heteroatoms. The zero-order chi connectivity index (χ0) is 20.8. The van der Waals surface area contributed by atoms with Gasteiger partial charge in [0.2, 0.25) is 5.88 Å². The number of hydrogen-bond donors (Lipinski definition) is 0. The van der Waals surface area contributed by atoms with E-state index in [9.17, 15) is 17.6 Å². The highest BCUT2D eigenvalue weighted by molar-refractivity contribution is 6.29. The monoisotopic (exact) mass is 422 g/mol. The van der Waals surface area contributed by atoms with Crippen molar-refractivity contribution in [3.05, 3.63) is 70.1 Å². The summed E-state index contributed by atoms with van der Waals surface area (Å²) < 4.78 is 60.2. The Labute approximate surface area is 169 Å². The zero-order valence-corrected chi connectivity index (χ0v) is 16.0. The second kappa shape index (κ2) is 7.30. The molecule has 0 spiro atoms. The first-order valence-electron chi connectivity index (χ1n) is 8.92. The standard InChI is InChI=1S/C21H15ClF4N2O/c1-11-4-2-5-13(12-8-9-12)19(11)29-20-15(10-17(22)27-28-20)14-6-3-7-16(18(14)23)21(24,25)26/h2-7,10,12H,8-9H2,1H3. The molecule has 0 saturated heterocycles. The van der Waals surface area contributed by atoms with E-state index in [1.54, 1.807) is 0 Å². The second-order valence-corrected chi connectivity index (χ2v) is 7.31. The summed E-state index contributed by atoms with van der Waals surface area (Å²) in [6.07, 6.45) is -2.77. The van der Waals surface area contributed by atoms with Gasteiger partial charge in [-0.3, -0.25) is 0 Å². The van der Waals surface area contributed by atoms with Crippen molar-refractivity contribution in [3.8, 4) is 22.8 Å². The topological polar surface area (TPSA) is 35.0 Å². The lowest BCUT2D eigenvalue weighted by molar-refractivity contribution is -0.139. The predicted molar refractivity (Wildman–Crippen MR) is 101 cm³/mol. The fraction of sp³-hybridized carbons (Fsp3) is 0.238. The van der Waals surface area contributed by atoms with Crippen LogP contribution in [0.15, 0.2) is 42.5 Å². The first kappa shape index (κ1) is 19.6. The van der Waals surface area contributed by atoms with Crippen LogP contribution in [0, 0.1) is 12.7 Å². The van der Waals surface area contributed by atoms with Crippen LogP contribution in [0.4, 0.5) is 17.6 Å². The SMILES string of the molecule is Cc1cccc(C2CC2)c1Oc1nnc(Cl)cc1-c1cccc(C(F)(F)F)c1F. The van der Waals surface area contributed by atoms with Gasteiger partial charge in [0.25, 0.3) is 0 Å². The third kappa shape index (κ3) is 3.92. The molecule has 1 aromatic heterocycles. The summed E-state index contributed by atoms with van der Waals surface area (Å²) in [5.74, 6) is -0.607. The van der Waals surface area contributed by atoms with Crippen molar-refractivity contribution < 1.29 is 22.3 Å². The van der Waals surface area contributed by atoms with E-state index in [-0.39, 0.29) is 22.2 Å². The van der Waals surface area contributed by atoms with Crippen molar-refractivity contribution in [1.29, 1.82) is 0 Å². The highest BCUT2D eigenvalue weighted by Crippen LogP contribution is 2.47. The largest absolute Gasteiger partial charge is 0.436 e. The van der Waals surface area contributed by atoms with Gasteiger partial charge in [0.15, 0.2) is 5.15 Å². The van der Waals surface area contributed by atoms with Crippen molar-refractivity contribution in [3.63, 3.8) is 0 Å². The van der Waals surface area contributed by atoms with Crippen molar-refractivity contribution in [2.45, 2.75) is 31.9 Å². The quantitative estimate of drug-likeness (QED) is 0.427. The van der Waals surface area contributed by atoms with Gasteiger partial charge in [-0.25, -0.2) is 4.39 Å². The van der Waals surface area contributed by atoms with Crippen molar-refractivity contribution in [1.82, 2.24) is 10.2 Å². The van der Waals surface area contributed by atoms with Crippen molar-refractivity contribution in [2.75, 3.05) is 0 Å². The minimum absolute atomic E-state index is 0.00130. The molecule has 0 N–H and O–H groups in total. The van der Waals surface area contributed by atoms with Crippen molar-refractivity contribution in [2.24, 2.45) is 0 Å². The van der Waals surface area contributed by atoms with E-state index in [0.29, 0.717) is 17.7 Å². The molecule has 0 aliphatic heterocycles. The molecule has 3 aromatic rings. The highest BCUT2D eigenvalue weighted by Gasteiger charge is 2.35. The van der Waals surface area contributed by atoms with E-state index in [1.165, 1.54) is 12.1 Å². The molecule has 2 aromatic carbocycles. The fourth-order valence-electron chi connectivity index (χ4n) is 3.21. The summed E-state index contributed by atoms with van der Waals surface area (Å²) in [7, 11) is 0. The Balaban J connectivity index is 1.84. The van der Waals surface area contributed by atoms with E-state index in [2.05, 4.69) is 10.2 Å². The van der Waals surface area contributed by atoms with Crippen LogP contribution < -0.4 is 4.74 Å². The molecule has 150 valence electrons. The number of alkyl halides is 3. The maximum absolute atomic E-state index is 14.7. The van der Waals surface area contributed by atoms with Crippen LogP contribution in [0.2, 0.25) is 5.15 Å². The van der Waals surface area contributed by atoms with E-state index in [0.717, 1.165) is 30.0 Å². The summed E-state index contributed by atoms with van der Waals surface area (Å²) in [5, 5.41) is 7.53. The van der Waals surface area contributed by atoms with Gasteiger partial charge in [-0.05, 0) is 48.9 Å². The van der Waals surface area contributed by atoms with Gasteiger partial charge in [-0.1, -0.05) is 41.9 Å². The number of benzene rings is 2. The molecule has 1 saturated carbocycles. The number of para-hydroxylation sites is 1. The van der Waals surface area contributed by atoms with Crippen LogP contribution in [-0.4, -0.2) is 10.2 Å². The first-order chi connectivity index (χ1) is 13.8. The number of aryl methyl sites for hydroxylation is 1. The summed E-state index contributed by atoms with van der Waals surface area (Å²) >= 11 is 5.90. The number of halogens is 5. The fourth-order valence-corrected chi connectivity index (χ4v) is 3.36. The Morgan fingerprint density at radius 3 is 2.45 bits per heavy atom. The summed E-state index contributed by atoms with van der Waals surface area (Å²) in [5.41, 5.74) is 0.133. The smallest absolute Gasteiger partial charge is 0.419 e.